The van der Waals surface area contributed by atoms with Crippen LogP contribution < -0.4 is 5.32 Å². The standard InChI is InChI=1S/C14H22BrN3O/c1-10-13(15)12(18(2)17-10)7-14(5-6-19-9-14)8-16-11-3-4-11/h11,16H,3-9H2,1-2H3. The van der Waals surface area contributed by atoms with E-state index in [9.17, 15) is 0 Å². The fourth-order valence-corrected chi connectivity index (χ4v) is 3.34. The second-order valence-electron chi connectivity index (χ2n) is 6.10. The van der Waals surface area contributed by atoms with Gasteiger partial charge in [-0.3, -0.25) is 4.68 Å². The Hall–Kier alpha value is -0.390. The van der Waals surface area contributed by atoms with E-state index in [0.29, 0.717) is 0 Å². The van der Waals surface area contributed by atoms with Gasteiger partial charge in [0.15, 0.2) is 0 Å². The lowest BCUT2D eigenvalue weighted by molar-refractivity contribution is 0.147. The molecule has 1 aliphatic heterocycles. The van der Waals surface area contributed by atoms with Crippen LogP contribution in [0.5, 0.6) is 0 Å². The van der Waals surface area contributed by atoms with Crippen molar-refractivity contribution in [3.63, 3.8) is 0 Å². The van der Waals surface area contributed by atoms with Crippen molar-refractivity contribution in [2.24, 2.45) is 12.5 Å². The minimum absolute atomic E-state index is 0.241. The SMILES string of the molecule is Cc1nn(C)c(CC2(CNC3CC3)CCOC2)c1Br. The number of aromatic nitrogens is 2. The Morgan fingerprint density at radius 3 is 2.84 bits per heavy atom. The van der Waals surface area contributed by atoms with E-state index in [0.717, 1.165) is 48.8 Å². The van der Waals surface area contributed by atoms with Gasteiger partial charge in [-0.05, 0) is 48.5 Å². The zero-order valence-corrected chi connectivity index (χ0v) is 13.3. The summed E-state index contributed by atoms with van der Waals surface area (Å²) >= 11 is 3.68. The summed E-state index contributed by atoms with van der Waals surface area (Å²) in [6.45, 7) is 4.87. The highest BCUT2D eigenvalue weighted by atomic mass is 79.9. The first-order chi connectivity index (χ1) is 9.10. The molecule has 0 amide bonds. The van der Waals surface area contributed by atoms with Crippen molar-refractivity contribution in [2.45, 2.75) is 38.6 Å². The first-order valence-corrected chi connectivity index (χ1v) is 7.88. The van der Waals surface area contributed by atoms with E-state index in [1.807, 2.05) is 18.7 Å². The van der Waals surface area contributed by atoms with E-state index in [4.69, 9.17) is 4.74 Å². The average molecular weight is 328 g/mol. The molecule has 1 aromatic heterocycles. The number of nitrogens with one attached hydrogen (secondary N) is 1. The molecule has 1 aliphatic carbocycles. The van der Waals surface area contributed by atoms with Crippen LogP contribution in [0.25, 0.3) is 0 Å². The maximum absolute atomic E-state index is 5.69. The zero-order valence-electron chi connectivity index (χ0n) is 11.7. The van der Waals surface area contributed by atoms with Crippen LogP contribution in [0.2, 0.25) is 0 Å². The van der Waals surface area contributed by atoms with Gasteiger partial charge in [0.2, 0.25) is 0 Å². The maximum Gasteiger partial charge on any atom is 0.0738 e. The van der Waals surface area contributed by atoms with Gasteiger partial charge < -0.3 is 10.1 Å². The van der Waals surface area contributed by atoms with Crippen LogP contribution in [-0.4, -0.2) is 35.6 Å². The predicted octanol–water partition coefficient (Wildman–Crippen LogP) is 2.19. The van der Waals surface area contributed by atoms with E-state index in [1.165, 1.54) is 18.5 Å². The van der Waals surface area contributed by atoms with Gasteiger partial charge in [0.1, 0.15) is 0 Å². The fraction of sp³-hybridized carbons (Fsp3) is 0.786. The summed E-state index contributed by atoms with van der Waals surface area (Å²) in [7, 11) is 2.03. The molecule has 1 atom stereocenters. The van der Waals surface area contributed by atoms with Gasteiger partial charge in [-0.1, -0.05) is 0 Å². The van der Waals surface area contributed by atoms with Crippen LogP contribution in [0.15, 0.2) is 4.47 Å². The van der Waals surface area contributed by atoms with Crippen LogP contribution in [0.4, 0.5) is 0 Å². The molecule has 2 heterocycles. The van der Waals surface area contributed by atoms with Gasteiger partial charge >= 0.3 is 0 Å². The number of rotatable bonds is 5. The van der Waals surface area contributed by atoms with Crippen LogP contribution in [0.1, 0.15) is 30.7 Å². The molecule has 0 bridgehead atoms. The lowest BCUT2D eigenvalue weighted by atomic mass is 9.82. The van der Waals surface area contributed by atoms with Crippen LogP contribution in [0, 0.1) is 12.3 Å². The van der Waals surface area contributed by atoms with Crippen molar-refractivity contribution >= 4 is 15.9 Å². The summed E-state index contributed by atoms with van der Waals surface area (Å²) < 4.78 is 8.86. The molecule has 3 rings (SSSR count). The van der Waals surface area contributed by atoms with Crippen molar-refractivity contribution in [1.82, 2.24) is 15.1 Å². The molecule has 1 N–H and O–H groups in total. The molecule has 2 aliphatic rings. The summed E-state index contributed by atoms with van der Waals surface area (Å²) in [5, 5.41) is 8.18. The largest absolute Gasteiger partial charge is 0.381 e. The number of hydrogen-bond acceptors (Lipinski definition) is 3. The van der Waals surface area contributed by atoms with Crippen molar-refractivity contribution in [2.75, 3.05) is 19.8 Å². The lowest BCUT2D eigenvalue weighted by Crippen LogP contribution is -2.38. The van der Waals surface area contributed by atoms with Gasteiger partial charge in [-0.2, -0.15) is 5.10 Å². The Bertz CT molecular complexity index is 462. The highest BCUT2D eigenvalue weighted by molar-refractivity contribution is 9.10. The Morgan fingerprint density at radius 2 is 2.32 bits per heavy atom. The van der Waals surface area contributed by atoms with E-state index in [-0.39, 0.29) is 5.41 Å². The molecule has 1 unspecified atom stereocenters. The number of nitrogens with zero attached hydrogens (tertiary/aromatic N) is 2. The van der Waals surface area contributed by atoms with Crippen LogP contribution >= 0.6 is 15.9 Å². The zero-order chi connectivity index (χ0) is 13.5. The normalized spacial score (nSPS) is 27.1. The molecule has 1 saturated heterocycles. The van der Waals surface area contributed by atoms with E-state index in [2.05, 4.69) is 26.3 Å². The molecule has 0 spiro atoms. The van der Waals surface area contributed by atoms with Gasteiger partial charge in [0.25, 0.3) is 0 Å². The van der Waals surface area contributed by atoms with Crippen molar-refractivity contribution in [3.8, 4) is 0 Å². The van der Waals surface area contributed by atoms with Gasteiger partial charge in [0, 0.05) is 31.7 Å². The predicted molar refractivity (Wildman–Crippen MR) is 78.2 cm³/mol. The van der Waals surface area contributed by atoms with Crippen molar-refractivity contribution < 1.29 is 4.74 Å². The van der Waals surface area contributed by atoms with Crippen LogP contribution in [0.3, 0.4) is 0 Å². The number of hydrogen-bond donors (Lipinski definition) is 1. The third-order valence-electron chi connectivity index (χ3n) is 4.33. The fourth-order valence-electron chi connectivity index (χ4n) is 2.87. The van der Waals surface area contributed by atoms with E-state index < -0.39 is 0 Å². The van der Waals surface area contributed by atoms with Crippen molar-refractivity contribution in [3.05, 3.63) is 15.9 Å². The van der Waals surface area contributed by atoms with E-state index >= 15 is 0 Å². The Kier molecular flexibility index (Phi) is 3.71. The highest BCUT2D eigenvalue weighted by Gasteiger charge is 2.38. The minimum atomic E-state index is 0.241. The monoisotopic (exact) mass is 327 g/mol. The molecule has 1 saturated carbocycles. The maximum atomic E-state index is 5.69. The third-order valence-corrected chi connectivity index (χ3v) is 5.36. The number of ether oxygens (including phenoxy) is 1. The molecular weight excluding hydrogens is 306 g/mol. The molecular formula is C14H22BrN3O. The number of aryl methyl sites for hydroxylation is 2. The highest BCUT2D eigenvalue weighted by Crippen LogP contribution is 2.35. The topological polar surface area (TPSA) is 39.1 Å². The van der Waals surface area contributed by atoms with Gasteiger partial charge in [0.05, 0.1) is 22.5 Å². The minimum Gasteiger partial charge on any atom is -0.381 e. The summed E-state index contributed by atoms with van der Waals surface area (Å²) in [5.74, 6) is 0. The first-order valence-electron chi connectivity index (χ1n) is 7.09. The van der Waals surface area contributed by atoms with Gasteiger partial charge in [-0.25, -0.2) is 0 Å². The quantitative estimate of drug-likeness (QED) is 0.901. The molecule has 19 heavy (non-hydrogen) atoms. The van der Waals surface area contributed by atoms with Crippen LogP contribution in [-0.2, 0) is 18.2 Å². The second kappa shape index (κ2) is 5.19. The molecule has 1 aromatic rings. The molecule has 4 nitrogen and oxygen atoms in total. The molecule has 0 radical (unpaired) electrons. The summed E-state index contributed by atoms with van der Waals surface area (Å²) in [5.41, 5.74) is 2.60. The van der Waals surface area contributed by atoms with Crippen molar-refractivity contribution in [1.29, 1.82) is 0 Å². The lowest BCUT2D eigenvalue weighted by Gasteiger charge is -2.28. The van der Waals surface area contributed by atoms with E-state index in [1.54, 1.807) is 0 Å². The molecule has 2 fully saturated rings. The Balaban J connectivity index is 1.76. The Morgan fingerprint density at radius 1 is 1.53 bits per heavy atom. The summed E-state index contributed by atoms with van der Waals surface area (Å²) in [6, 6.07) is 0.759. The summed E-state index contributed by atoms with van der Waals surface area (Å²) in [4.78, 5) is 0. The smallest absolute Gasteiger partial charge is 0.0738 e. The van der Waals surface area contributed by atoms with Gasteiger partial charge in [-0.15, -0.1) is 0 Å². The summed E-state index contributed by atoms with van der Waals surface area (Å²) in [6.07, 6.45) is 4.85. The first kappa shape index (κ1) is 13.6. The third kappa shape index (κ3) is 2.88. The molecule has 106 valence electrons. The molecule has 0 aromatic carbocycles. The second-order valence-corrected chi connectivity index (χ2v) is 6.90. The average Bonchev–Trinajstić information content (AvgIpc) is 3.06. The number of halogens is 1. The Labute approximate surface area is 123 Å². The molecule has 5 heteroatoms.